The SMILES string of the molecule is CN=C(NCC(c1ccc(OC)cc1)N1CCCC1)NC(C)(C)C.I. The monoisotopic (exact) mass is 460 g/mol. The van der Waals surface area contributed by atoms with Gasteiger partial charge in [0.1, 0.15) is 5.75 Å². The van der Waals surface area contributed by atoms with E-state index in [9.17, 15) is 0 Å². The van der Waals surface area contributed by atoms with Crippen molar-refractivity contribution in [3.05, 3.63) is 29.8 Å². The zero-order chi connectivity index (χ0) is 17.6. The van der Waals surface area contributed by atoms with Crippen LogP contribution in [0.2, 0.25) is 0 Å². The molecule has 142 valence electrons. The van der Waals surface area contributed by atoms with Crippen molar-refractivity contribution in [2.45, 2.75) is 45.2 Å². The zero-order valence-corrected chi connectivity index (χ0v) is 18.5. The Balaban J connectivity index is 0.00000312. The van der Waals surface area contributed by atoms with Gasteiger partial charge in [0.25, 0.3) is 0 Å². The molecule has 1 fully saturated rings. The van der Waals surface area contributed by atoms with Gasteiger partial charge in [-0.3, -0.25) is 9.89 Å². The fraction of sp³-hybridized carbons (Fsp3) is 0.632. The largest absolute Gasteiger partial charge is 0.497 e. The minimum absolute atomic E-state index is 0. The van der Waals surface area contributed by atoms with Gasteiger partial charge in [0.2, 0.25) is 0 Å². The second-order valence-corrected chi connectivity index (χ2v) is 7.36. The van der Waals surface area contributed by atoms with Gasteiger partial charge in [-0.2, -0.15) is 0 Å². The third-order valence-corrected chi connectivity index (χ3v) is 4.26. The van der Waals surface area contributed by atoms with E-state index in [1.54, 1.807) is 7.11 Å². The van der Waals surface area contributed by atoms with Crippen LogP contribution in [0.25, 0.3) is 0 Å². The molecule has 0 spiro atoms. The Labute approximate surface area is 169 Å². The quantitative estimate of drug-likeness (QED) is 0.402. The van der Waals surface area contributed by atoms with Crippen molar-refractivity contribution in [2.75, 3.05) is 33.8 Å². The molecule has 0 amide bonds. The first-order valence-electron chi connectivity index (χ1n) is 8.80. The highest BCUT2D eigenvalue weighted by Crippen LogP contribution is 2.26. The van der Waals surface area contributed by atoms with Gasteiger partial charge < -0.3 is 15.4 Å². The van der Waals surface area contributed by atoms with Crippen molar-refractivity contribution >= 4 is 29.9 Å². The summed E-state index contributed by atoms with van der Waals surface area (Å²) in [6, 6.07) is 8.77. The molecule has 25 heavy (non-hydrogen) atoms. The number of hydrogen-bond acceptors (Lipinski definition) is 3. The molecule has 2 rings (SSSR count). The van der Waals surface area contributed by atoms with Crippen LogP contribution in [0.4, 0.5) is 0 Å². The second-order valence-electron chi connectivity index (χ2n) is 7.36. The van der Waals surface area contributed by atoms with E-state index in [0.29, 0.717) is 6.04 Å². The van der Waals surface area contributed by atoms with Crippen molar-refractivity contribution in [3.63, 3.8) is 0 Å². The molecule has 2 N–H and O–H groups in total. The molecule has 1 saturated heterocycles. The summed E-state index contributed by atoms with van der Waals surface area (Å²) < 4.78 is 5.29. The second kappa shape index (κ2) is 10.2. The van der Waals surface area contributed by atoms with Crippen molar-refractivity contribution in [1.29, 1.82) is 0 Å². The van der Waals surface area contributed by atoms with Crippen molar-refractivity contribution in [2.24, 2.45) is 4.99 Å². The highest BCUT2D eigenvalue weighted by molar-refractivity contribution is 14.0. The summed E-state index contributed by atoms with van der Waals surface area (Å²) in [6.45, 7) is 9.57. The summed E-state index contributed by atoms with van der Waals surface area (Å²) in [6.07, 6.45) is 2.56. The third-order valence-electron chi connectivity index (χ3n) is 4.26. The van der Waals surface area contributed by atoms with Crippen LogP contribution in [-0.2, 0) is 0 Å². The molecule has 1 aromatic carbocycles. The molecule has 1 heterocycles. The van der Waals surface area contributed by atoms with Crippen molar-refractivity contribution in [3.8, 4) is 5.75 Å². The number of likely N-dealkylation sites (tertiary alicyclic amines) is 1. The molecular formula is C19H33IN4O. The van der Waals surface area contributed by atoms with E-state index in [0.717, 1.165) is 31.3 Å². The van der Waals surface area contributed by atoms with Gasteiger partial charge in [-0.15, -0.1) is 24.0 Å². The van der Waals surface area contributed by atoms with E-state index in [1.165, 1.54) is 18.4 Å². The molecule has 0 aromatic heterocycles. The number of hydrogen-bond donors (Lipinski definition) is 2. The van der Waals surface area contributed by atoms with E-state index in [2.05, 4.69) is 53.4 Å². The minimum atomic E-state index is -0.00883. The first kappa shape index (κ1) is 22.0. The van der Waals surface area contributed by atoms with Crippen LogP contribution in [0, 0.1) is 0 Å². The Kier molecular flexibility index (Phi) is 8.99. The van der Waals surface area contributed by atoms with Crippen molar-refractivity contribution in [1.82, 2.24) is 15.5 Å². The van der Waals surface area contributed by atoms with Crippen LogP contribution < -0.4 is 15.4 Å². The Morgan fingerprint density at radius 1 is 1.20 bits per heavy atom. The van der Waals surface area contributed by atoms with E-state index in [4.69, 9.17) is 4.74 Å². The molecule has 1 unspecified atom stereocenters. The normalized spacial score (nSPS) is 16.9. The zero-order valence-electron chi connectivity index (χ0n) is 16.1. The van der Waals surface area contributed by atoms with Gasteiger partial charge in [-0.1, -0.05) is 12.1 Å². The minimum Gasteiger partial charge on any atom is -0.497 e. The maximum absolute atomic E-state index is 5.29. The number of methoxy groups -OCH3 is 1. The Bertz CT molecular complexity index is 533. The fourth-order valence-electron chi connectivity index (χ4n) is 3.06. The highest BCUT2D eigenvalue weighted by Gasteiger charge is 2.24. The summed E-state index contributed by atoms with van der Waals surface area (Å²) in [7, 11) is 3.52. The number of nitrogens with zero attached hydrogens (tertiary/aromatic N) is 2. The molecule has 1 aliphatic rings. The molecule has 0 aliphatic carbocycles. The molecule has 0 radical (unpaired) electrons. The van der Waals surface area contributed by atoms with Gasteiger partial charge in [0.15, 0.2) is 5.96 Å². The molecular weight excluding hydrogens is 427 g/mol. The maximum Gasteiger partial charge on any atom is 0.191 e. The van der Waals surface area contributed by atoms with Crippen LogP contribution in [0.1, 0.15) is 45.2 Å². The van der Waals surface area contributed by atoms with E-state index in [-0.39, 0.29) is 29.5 Å². The third kappa shape index (κ3) is 7.01. The maximum atomic E-state index is 5.29. The summed E-state index contributed by atoms with van der Waals surface area (Å²) in [5, 5.41) is 6.92. The molecule has 1 aromatic rings. The molecule has 1 atom stereocenters. The number of halogens is 1. The lowest BCUT2D eigenvalue weighted by Gasteiger charge is -2.30. The Hall–Kier alpha value is -1.02. The molecule has 5 nitrogen and oxygen atoms in total. The van der Waals surface area contributed by atoms with E-state index >= 15 is 0 Å². The summed E-state index contributed by atoms with van der Waals surface area (Å²) in [5.41, 5.74) is 1.31. The Morgan fingerprint density at radius 3 is 2.28 bits per heavy atom. The topological polar surface area (TPSA) is 48.9 Å². The van der Waals surface area contributed by atoms with Crippen LogP contribution in [0.15, 0.2) is 29.3 Å². The lowest BCUT2D eigenvalue weighted by molar-refractivity contribution is 0.245. The highest BCUT2D eigenvalue weighted by atomic mass is 127. The lowest BCUT2D eigenvalue weighted by atomic mass is 10.1. The molecule has 0 bridgehead atoms. The lowest BCUT2D eigenvalue weighted by Crippen LogP contribution is -2.49. The van der Waals surface area contributed by atoms with Gasteiger partial charge in [0, 0.05) is 19.1 Å². The van der Waals surface area contributed by atoms with Crippen LogP contribution in [0.3, 0.4) is 0 Å². The molecule has 1 aliphatic heterocycles. The van der Waals surface area contributed by atoms with Gasteiger partial charge in [-0.05, 0) is 64.4 Å². The first-order chi connectivity index (χ1) is 11.4. The first-order valence-corrected chi connectivity index (χ1v) is 8.80. The van der Waals surface area contributed by atoms with Crippen molar-refractivity contribution < 1.29 is 4.74 Å². The predicted molar refractivity (Wildman–Crippen MR) is 116 cm³/mol. The molecule has 0 saturated carbocycles. The smallest absolute Gasteiger partial charge is 0.191 e. The number of benzene rings is 1. The number of guanidine groups is 1. The van der Waals surface area contributed by atoms with Crippen LogP contribution >= 0.6 is 24.0 Å². The molecule has 6 heteroatoms. The van der Waals surface area contributed by atoms with Crippen LogP contribution in [0.5, 0.6) is 5.75 Å². The van der Waals surface area contributed by atoms with Gasteiger partial charge in [-0.25, -0.2) is 0 Å². The Morgan fingerprint density at radius 2 is 1.80 bits per heavy atom. The number of nitrogens with one attached hydrogen (secondary N) is 2. The summed E-state index contributed by atoms with van der Waals surface area (Å²) in [5.74, 6) is 1.75. The fourth-order valence-corrected chi connectivity index (χ4v) is 3.06. The average Bonchev–Trinajstić information content (AvgIpc) is 3.07. The van der Waals surface area contributed by atoms with E-state index < -0.39 is 0 Å². The van der Waals surface area contributed by atoms with Gasteiger partial charge in [0.05, 0.1) is 13.2 Å². The summed E-state index contributed by atoms with van der Waals surface area (Å²) >= 11 is 0. The van der Waals surface area contributed by atoms with Crippen LogP contribution in [-0.4, -0.2) is 50.2 Å². The predicted octanol–water partition coefficient (Wildman–Crippen LogP) is 3.41. The number of ether oxygens (including phenoxy) is 1. The standard InChI is InChI=1S/C19H32N4O.HI/c1-19(2,3)22-18(20-4)21-14-17(23-12-6-7-13-23)15-8-10-16(24-5)11-9-15;/h8-11,17H,6-7,12-14H2,1-5H3,(H2,20,21,22);1H. The summed E-state index contributed by atoms with van der Waals surface area (Å²) in [4.78, 5) is 6.90. The number of rotatable bonds is 5. The van der Waals surface area contributed by atoms with Gasteiger partial charge >= 0.3 is 0 Å². The average molecular weight is 460 g/mol. The van der Waals surface area contributed by atoms with E-state index in [1.807, 2.05) is 19.2 Å². The number of aliphatic imine (C=N–C) groups is 1.